The summed E-state index contributed by atoms with van der Waals surface area (Å²) in [6.07, 6.45) is 4.33. The Morgan fingerprint density at radius 2 is 1.81 bits per heavy atom. The number of aryl methyl sites for hydroxylation is 1. The number of rotatable bonds is 6. The van der Waals surface area contributed by atoms with Crippen molar-refractivity contribution < 1.29 is 9.59 Å². The molecule has 27 heavy (non-hydrogen) atoms. The molecule has 0 saturated carbocycles. The summed E-state index contributed by atoms with van der Waals surface area (Å²) < 4.78 is 0. The first-order valence-corrected chi connectivity index (χ1v) is 9.64. The molecule has 3 N–H and O–H groups in total. The van der Waals surface area contributed by atoms with Crippen LogP contribution in [0.5, 0.6) is 0 Å². The number of nitrogens with two attached hydrogens (primary N) is 1. The number of carbonyl (C=O) groups excluding carboxylic acids is 2. The second-order valence-corrected chi connectivity index (χ2v) is 7.19. The lowest BCUT2D eigenvalue weighted by molar-refractivity contribution is -0.116. The van der Waals surface area contributed by atoms with E-state index in [0.717, 1.165) is 37.2 Å². The fourth-order valence-electron chi connectivity index (χ4n) is 3.36. The predicted octanol–water partition coefficient (Wildman–Crippen LogP) is 4.00. The van der Waals surface area contributed by atoms with Gasteiger partial charge in [0.2, 0.25) is 11.8 Å². The van der Waals surface area contributed by atoms with Crippen LogP contribution < -0.4 is 16.0 Å². The summed E-state index contributed by atoms with van der Waals surface area (Å²) in [6.45, 7) is 1.89. The zero-order valence-electron chi connectivity index (χ0n) is 15.2. The second-order valence-electron chi connectivity index (χ2n) is 6.78. The number of carbonyl (C=O) groups is 2. The quantitative estimate of drug-likeness (QED) is 0.789. The molecule has 1 fully saturated rings. The normalized spacial score (nSPS) is 14.0. The molecule has 0 aromatic heterocycles. The highest BCUT2D eigenvalue weighted by atomic mass is 35.5. The van der Waals surface area contributed by atoms with Crippen LogP contribution in [-0.4, -0.2) is 24.9 Å². The average molecular weight is 386 g/mol. The van der Waals surface area contributed by atoms with Crippen LogP contribution in [-0.2, 0) is 11.2 Å². The molecule has 0 radical (unpaired) electrons. The highest BCUT2D eigenvalue weighted by molar-refractivity contribution is 6.31. The number of halogens is 1. The number of hydrogen-bond donors (Lipinski definition) is 2. The van der Waals surface area contributed by atoms with Gasteiger partial charge in [0.1, 0.15) is 0 Å². The zero-order chi connectivity index (χ0) is 19.2. The van der Waals surface area contributed by atoms with Gasteiger partial charge < -0.3 is 16.0 Å². The van der Waals surface area contributed by atoms with Crippen LogP contribution in [0.4, 0.5) is 11.4 Å². The minimum Gasteiger partial charge on any atom is -0.370 e. The number of amides is 2. The van der Waals surface area contributed by atoms with Crippen molar-refractivity contribution >= 4 is 34.8 Å². The van der Waals surface area contributed by atoms with Crippen molar-refractivity contribution in [3.63, 3.8) is 0 Å². The van der Waals surface area contributed by atoms with Crippen LogP contribution in [0.3, 0.4) is 0 Å². The van der Waals surface area contributed by atoms with E-state index in [9.17, 15) is 9.59 Å². The molecule has 1 saturated heterocycles. The summed E-state index contributed by atoms with van der Waals surface area (Å²) in [6, 6.07) is 12.8. The molecule has 0 aliphatic carbocycles. The molecule has 1 aliphatic rings. The third kappa shape index (κ3) is 5.01. The molecule has 3 rings (SSSR count). The van der Waals surface area contributed by atoms with E-state index in [1.165, 1.54) is 6.42 Å². The second kappa shape index (κ2) is 8.91. The third-order valence-corrected chi connectivity index (χ3v) is 5.20. The fourth-order valence-corrected chi connectivity index (χ4v) is 3.59. The molecule has 2 amide bonds. The van der Waals surface area contributed by atoms with Crippen LogP contribution in [0.25, 0.3) is 0 Å². The summed E-state index contributed by atoms with van der Waals surface area (Å²) in [5, 5.41) is 3.62. The number of piperidine rings is 1. The Bertz CT molecular complexity index is 832. The monoisotopic (exact) mass is 385 g/mol. The minimum absolute atomic E-state index is 0.116. The molecule has 6 heteroatoms. The van der Waals surface area contributed by atoms with E-state index in [2.05, 4.69) is 10.2 Å². The number of nitrogens with one attached hydrogen (secondary N) is 1. The Labute approximate surface area is 164 Å². The molecule has 1 heterocycles. The molecule has 1 aliphatic heterocycles. The van der Waals surface area contributed by atoms with Gasteiger partial charge in [0.25, 0.3) is 0 Å². The molecule has 142 valence electrons. The highest BCUT2D eigenvalue weighted by Gasteiger charge is 2.17. The van der Waals surface area contributed by atoms with E-state index in [-0.39, 0.29) is 5.91 Å². The van der Waals surface area contributed by atoms with E-state index in [1.807, 2.05) is 30.3 Å². The topological polar surface area (TPSA) is 75.4 Å². The van der Waals surface area contributed by atoms with Crippen LogP contribution in [0.2, 0.25) is 5.02 Å². The first-order valence-electron chi connectivity index (χ1n) is 9.26. The van der Waals surface area contributed by atoms with E-state index >= 15 is 0 Å². The first kappa shape index (κ1) is 19.2. The summed E-state index contributed by atoms with van der Waals surface area (Å²) >= 11 is 6.16. The smallest absolute Gasteiger partial charge is 0.248 e. The Kier molecular flexibility index (Phi) is 6.35. The number of primary amides is 1. The molecule has 0 unspecified atom stereocenters. The largest absolute Gasteiger partial charge is 0.370 e. The van der Waals surface area contributed by atoms with Crippen molar-refractivity contribution in [3.8, 4) is 0 Å². The molecular formula is C21H24ClN3O2. The first-order chi connectivity index (χ1) is 13.0. The third-order valence-electron chi connectivity index (χ3n) is 4.83. The molecular weight excluding hydrogens is 362 g/mol. The summed E-state index contributed by atoms with van der Waals surface area (Å²) in [5.41, 5.74) is 8.31. The summed E-state index contributed by atoms with van der Waals surface area (Å²) in [4.78, 5) is 26.3. The maximum atomic E-state index is 12.5. The van der Waals surface area contributed by atoms with Gasteiger partial charge in [-0.25, -0.2) is 0 Å². The lowest BCUT2D eigenvalue weighted by Crippen LogP contribution is -2.30. The van der Waals surface area contributed by atoms with Crippen molar-refractivity contribution in [2.24, 2.45) is 5.73 Å². The SMILES string of the molecule is NC(=O)c1ccc(N2CCCCC2)c(NC(=O)CCc2ccccc2Cl)c1. The number of hydrogen-bond acceptors (Lipinski definition) is 3. The number of nitrogens with zero attached hydrogens (tertiary/aromatic N) is 1. The average Bonchev–Trinajstić information content (AvgIpc) is 2.68. The molecule has 2 aromatic rings. The van der Waals surface area contributed by atoms with Crippen molar-refractivity contribution in [2.45, 2.75) is 32.1 Å². The summed E-state index contributed by atoms with van der Waals surface area (Å²) in [7, 11) is 0. The van der Waals surface area contributed by atoms with Crippen molar-refractivity contribution in [1.82, 2.24) is 0 Å². The number of anilines is 2. The van der Waals surface area contributed by atoms with Gasteiger partial charge in [0, 0.05) is 30.1 Å². The molecule has 5 nitrogen and oxygen atoms in total. The number of benzene rings is 2. The molecule has 0 atom stereocenters. The van der Waals surface area contributed by atoms with Gasteiger partial charge in [-0.1, -0.05) is 29.8 Å². The minimum atomic E-state index is -0.508. The van der Waals surface area contributed by atoms with E-state index in [0.29, 0.717) is 29.1 Å². The van der Waals surface area contributed by atoms with Crippen molar-refractivity contribution in [3.05, 3.63) is 58.6 Å². The van der Waals surface area contributed by atoms with E-state index in [1.54, 1.807) is 12.1 Å². The van der Waals surface area contributed by atoms with Crippen LogP contribution in [0, 0.1) is 0 Å². The van der Waals surface area contributed by atoms with Crippen LogP contribution >= 0.6 is 11.6 Å². The van der Waals surface area contributed by atoms with Gasteiger partial charge in [-0.05, 0) is 55.5 Å². The Balaban J connectivity index is 1.74. The van der Waals surface area contributed by atoms with Crippen molar-refractivity contribution in [1.29, 1.82) is 0 Å². The summed E-state index contributed by atoms with van der Waals surface area (Å²) in [5.74, 6) is -0.624. The lowest BCUT2D eigenvalue weighted by Gasteiger charge is -2.30. The Morgan fingerprint density at radius 1 is 1.07 bits per heavy atom. The zero-order valence-corrected chi connectivity index (χ0v) is 16.0. The van der Waals surface area contributed by atoms with Crippen LogP contribution in [0.1, 0.15) is 41.6 Å². The fraction of sp³-hybridized carbons (Fsp3) is 0.333. The van der Waals surface area contributed by atoms with Gasteiger partial charge >= 0.3 is 0 Å². The van der Waals surface area contributed by atoms with Crippen LogP contribution in [0.15, 0.2) is 42.5 Å². The Morgan fingerprint density at radius 3 is 2.52 bits per heavy atom. The molecule has 2 aromatic carbocycles. The maximum absolute atomic E-state index is 12.5. The van der Waals surface area contributed by atoms with Gasteiger partial charge in [0.05, 0.1) is 11.4 Å². The molecule has 0 spiro atoms. The Hall–Kier alpha value is -2.53. The predicted molar refractivity (Wildman–Crippen MR) is 109 cm³/mol. The maximum Gasteiger partial charge on any atom is 0.248 e. The highest BCUT2D eigenvalue weighted by Crippen LogP contribution is 2.30. The lowest BCUT2D eigenvalue weighted by atomic mass is 10.1. The van der Waals surface area contributed by atoms with E-state index in [4.69, 9.17) is 17.3 Å². The van der Waals surface area contributed by atoms with Gasteiger partial charge in [-0.3, -0.25) is 9.59 Å². The standard InChI is InChI=1S/C21H24ClN3O2/c22-17-7-3-2-6-15(17)9-11-20(26)24-18-14-16(21(23)27)8-10-19(18)25-12-4-1-5-13-25/h2-3,6-8,10,14H,1,4-5,9,11-13H2,(H2,23,27)(H,24,26). The molecule has 0 bridgehead atoms. The van der Waals surface area contributed by atoms with Gasteiger partial charge in [-0.15, -0.1) is 0 Å². The van der Waals surface area contributed by atoms with Crippen molar-refractivity contribution in [2.75, 3.05) is 23.3 Å². The van der Waals surface area contributed by atoms with Gasteiger partial charge in [0.15, 0.2) is 0 Å². The van der Waals surface area contributed by atoms with Gasteiger partial charge in [-0.2, -0.15) is 0 Å². The van der Waals surface area contributed by atoms with E-state index < -0.39 is 5.91 Å².